The molecule has 1 rings (SSSR count). The molecule has 0 N–H and O–H groups in total. The Morgan fingerprint density at radius 3 is 2.60 bits per heavy atom. The van der Waals surface area contributed by atoms with Crippen molar-refractivity contribution in [3.05, 3.63) is 12.7 Å². The quantitative estimate of drug-likeness (QED) is 0.449. The van der Waals surface area contributed by atoms with Gasteiger partial charge in [0.1, 0.15) is 0 Å². The number of rotatable bonds is 10. The van der Waals surface area contributed by atoms with E-state index < -0.39 is 0 Å². The maximum absolute atomic E-state index is 11.4. The fourth-order valence-electron chi connectivity index (χ4n) is 1.38. The van der Waals surface area contributed by atoms with Crippen molar-refractivity contribution in [2.24, 2.45) is 0 Å². The van der Waals surface area contributed by atoms with Crippen LogP contribution in [-0.2, 0) is 4.79 Å². The Kier molecular flexibility index (Phi) is 9.67. The van der Waals surface area contributed by atoms with Crippen molar-refractivity contribution in [3.63, 3.8) is 0 Å². The van der Waals surface area contributed by atoms with Gasteiger partial charge in [0, 0.05) is 16.8 Å². The van der Waals surface area contributed by atoms with E-state index in [0.717, 1.165) is 39.4 Å². The van der Waals surface area contributed by atoms with Crippen molar-refractivity contribution in [1.82, 2.24) is 10.2 Å². The van der Waals surface area contributed by atoms with E-state index in [1.165, 1.54) is 17.8 Å². The minimum absolute atomic E-state index is 0.0560. The molecule has 1 unspecified atom stereocenters. The average molecular weight is 349 g/mol. The van der Waals surface area contributed by atoms with E-state index in [1.54, 1.807) is 34.9 Å². The predicted octanol–water partition coefficient (Wildman–Crippen LogP) is 4.75. The highest BCUT2D eigenvalue weighted by molar-refractivity contribution is 8.15. The first-order valence-corrected chi connectivity index (χ1v) is 10.3. The van der Waals surface area contributed by atoms with Gasteiger partial charge in [0.05, 0.1) is 0 Å². The Bertz CT molecular complexity index is 422. The molecule has 0 saturated heterocycles. The molecule has 0 spiro atoms. The molecule has 0 bridgehead atoms. The predicted molar refractivity (Wildman–Crippen MR) is 93.1 cm³/mol. The second-order valence-corrected chi connectivity index (χ2v) is 8.94. The van der Waals surface area contributed by atoms with Crippen molar-refractivity contribution in [1.29, 1.82) is 0 Å². The first-order chi connectivity index (χ1) is 9.69. The summed E-state index contributed by atoms with van der Waals surface area (Å²) in [4.78, 5) is 11.4. The van der Waals surface area contributed by atoms with Crippen LogP contribution in [0.2, 0.25) is 0 Å². The lowest BCUT2D eigenvalue weighted by Crippen LogP contribution is -2.08. The maximum atomic E-state index is 11.4. The van der Waals surface area contributed by atoms with Gasteiger partial charge in [-0.25, -0.2) is 0 Å². The van der Waals surface area contributed by atoms with Crippen LogP contribution in [0.15, 0.2) is 21.3 Å². The van der Waals surface area contributed by atoms with Crippen molar-refractivity contribution in [2.75, 3.05) is 11.5 Å². The summed E-state index contributed by atoms with van der Waals surface area (Å²) in [5.41, 5.74) is 0. The van der Waals surface area contributed by atoms with Gasteiger partial charge in [0.15, 0.2) is 8.68 Å². The van der Waals surface area contributed by atoms with Gasteiger partial charge in [-0.3, -0.25) is 4.79 Å². The van der Waals surface area contributed by atoms with E-state index in [9.17, 15) is 4.79 Å². The fraction of sp³-hybridized carbons (Fsp3) is 0.615. The third-order valence-corrected chi connectivity index (χ3v) is 7.17. The molecule has 0 saturated carbocycles. The molecule has 3 nitrogen and oxygen atoms in total. The lowest BCUT2D eigenvalue weighted by molar-refractivity contribution is -0.107. The Balaban J connectivity index is 2.43. The molecule has 0 radical (unpaired) electrons. The van der Waals surface area contributed by atoms with Gasteiger partial charge in [0.2, 0.25) is 5.12 Å². The van der Waals surface area contributed by atoms with Crippen molar-refractivity contribution >= 4 is 51.7 Å². The summed E-state index contributed by atoms with van der Waals surface area (Å²) in [5, 5.41) is 8.75. The summed E-state index contributed by atoms with van der Waals surface area (Å²) in [6.07, 6.45) is 4.65. The van der Waals surface area contributed by atoms with Gasteiger partial charge < -0.3 is 0 Å². The first kappa shape index (κ1) is 18.1. The van der Waals surface area contributed by atoms with Gasteiger partial charge in [-0.15, -0.1) is 10.2 Å². The van der Waals surface area contributed by atoms with E-state index in [-0.39, 0.29) is 5.12 Å². The second kappa shape index (κ2) is 10.7. The third kappa shape index (κ3) is 7.15. The molecule has 0 amide bonds. The molecule has 1 atom stereocenters. The number of thioether (sulfide) groups is 3. The molecule has 0 aliphatic carbocycles. The Morgan fingerprint density at radius 2 is 2.00 bits per heavy atom. The van der Waals surface area contributed by atoms with E-state index in [4.69, 9.17) is 0 Å². The van der Waals surface area contributed by atoms with Gasteiger partial charge in [-0.05, 0) is 18.9 Å². The van der Waals surface area contributed by atoms with Crippen molar-refractivity contribution in [3.8, 4) is 0 Å². The van der Waals surface area contributed by atoms with Gasteiger partial charge in [-0.2, -0.15) is 0 Å². The normalized spacial score (nSPS) is 12.3. The average Bonchev–Trinajstić information content (AvgIpc) is 2.90. The number of hydrogen-bond donors (Lipinski definition) is 0. The van der Waals surface area contributed by atoms with E-state index in [1.807, 2.05) is 0 Å². The van der Waals surface area contributed by atoms with Crippen LogP contribution in [-0.4, -0.2) is 32.1 Å². The summed E-state index contributed by atoms with van der Waals surface area (Å²) >= 11 is 6.49. The largest absolute Gasteiger partial charge is 0.282 e. The Hall–Kier alpha value is 0.0200. The molecule has 1 aromatic heterocycles. The zero-order chi connectivity index (χ0) is 14.8. The lowest BCUT2D eigenvalue weighted by atomic mass is 10.3. The third-order valence-electron chi connectivity index (χ3n) is 2.27. The number of aromatic nitrogens is 2. The molecule has 0 fully saturated rings. The Labute approximate surface area is 137 Å². The highest BCUT2D eigenvalue weighted by Gasteiger charge is 2.14. The standard InChI is InChI=1S/C13H20N2OS4/c1-4-7-10(19-11(16)6-3)9-18-13-15-14-12(20-13)17-8-5-2/h6,10H,3-5,7-9H2,1-2H3. The minimum atomic E-state index is 0.0560. The van der Waals surface area contributed by atoms with Crippen LogP contribution in [0.25, 0.3) is 0 Å². The molecule has 0 aliphatic heterocycles. The number of hydrogen-bond acceptors (Lipinski definition) is 7. The number of nitrogens with zero attached hydrogens (tertiary/aromatic N) is 2. The van der Waals surface area contributed by atoms with E-state index in [2.05, 4.69) is 30.6 Å². The van der Waals surface area contributed by atoms with Gasteiger partial charge in [0.25, 0.3) is 0 Å². The van der Waals surface area contributed by atoms with Gasteiger partial charge in [-0.1, -0.05) is 73.5 Å². The molecular weight excluding hydrogens is 328 g/mol. The highest BCUT2D eigenvalue weighted by Crippen LogP contribution is 2.32. The zero-order valence-corrected chi connectivity index (χ0v) is 15.1. The lowest BCUT2D eigenvalue weighted by Gasteiger charge is -2.11. The van der Waals surface area contributed by atoms with Crippen LogP contribution in [0.3, 0.4) is 0 Å². The monoisotopic (exact) mass is 348 g/mol. The van der Waals surface area contributed by atoms with Crippen LogP contribution in [0.4, 0.5) is 0 Å². The second-order valence-electron chi connectivity index (χ2n) is 4.05. The summed E-state index contributed by atoms with van der Waals surface area (Å²) < 4.78 is 2.03. The Morgan fingerprint density at radius 1 is 1.30 bits per heavy atom. The molecule has 20 heavy (non-hydrogen) atoms. The van der Waals surface area contributed by atoms with Crippen LogP contribution in [0, 0.1) is 0 Å². The molecule has 0 aromatic carbocycles. The molecule has 1 aromatic rings. The van der Waals surface area contributed by atoms with Crippen molar-refractivity contribution in [2.45, 2.75) is 47.0 Å². The van der Waals surface area contributed by atoms with Crippen LogP contribution in [0.1, 0.15) is 33.1 Å². The molecule has 1 heterocycles. The highest BCUT2D eigenvalue weighted by atomic mass is 32.2. The molecule has 0 aliphatic rings. The van der Waals surface area contributed by atoms with Crippen LogP contribution in [0.5, 0.6) is 0 Å². The van der Waals surface area contributed by atoms with Crippen LogP contribution < -0.4 is 0 Å². The summed E-state index contributed by atoms with van der Waals surface area (Å²) in [5.74, 6) is 1.98. The van der Waals surface area contributed by atoms with E-state index >= 15 is 0 Å². The first-order valence-electron chi connectivity index (χ1n) is 6.61. The van der Waals surface area contributed by atoms with Gasteiger partial charge >= 0.3 is 0 Å². The van der Waals surface area contributed by atoms with E-state index in [0.29, 0.717) is 5.25 Å². The molecule has 7 heteroatoms. The molecular formula is C13H20N2OS4. The summed E-state index contributed by atoms with van der Waals surface area (Å²) in [6, 6.07) is 0. The minimum Gasteiger partial charge on any atom is -0.282 e. The summed E-state index contributed by atoms with van der Waals surface area (Å²) in [6.45, 7) is 7.82. The van der Waals surface area contributed by atoms with Crippen LogP contribution >= 0.6 is 46.6 Å². The van der Waals surface area contributed by atoms with Crippen molar-refractivity contribution < 1.29 is 4.79 Å². The number of carbonyl (C=O) groups excluding carboxylic acids is 1. The maximum Gasteiger partial charge on any atom is 0.211 e. The smallest absolute Gasteiger partial charge is 0.211 e. The molecule has 112 valence electrons. The summed E-state index contributed by atoms with van der Waals surface area (Å²) in [7, 11) is 0. The number of carbonyl (C=O) groups is 1. The topological polar surface area (TPSA) is 42.9 Å². The fourth-order valence-corrected chi connectivity index (χ4v) is 5.57. The zero-order valence-electron chi connectivity index (χ0n) is 11.8. The SMILES string of the molecule is C=CC(=O)SC(CCC)CSc1nnc(SCCC)s1.